The Bertz CT molecular complexity index is 1750. The van der Waals surface area contributed by atoms with Gasteiger partial charge >= 0.3 is 6.09 Å². The van der Waals surface area contributed by atoms with Crippen molar-refractivity contribution in [3.05, 3.63) is 65.9 Å². The standard InChI is InChI=1S/C40H52N8O5/c1-4-33-38(50)45(2)34-25-41-39(44-36(34)48(33)31-12-8-9-13-31)43-32-19-14-28(24-35(32)52-3)37(49)42-29-15-17-30(18-16-29)46-20-22-47(23-21-46)40(51)53-26-27-10-6-5-7-11-27/h5-7,10-11,14,19,24-25,29-31,33H,4,8-9,12-13,15-18,20-23,26H2,1-3H3,(H,42,49)(H,41,43,44)/t29?,30?,33-/m1/s1. The molecule has 3 aromatic rings. The third kappa shape index (κ3) is 8.04. The molecule has 282 valence electrons. The lowest BCUT2D eigenvalue weighted by Gasteiger charge is -2.43. The molecule has 2 aliphatic heterocycles. The van der Waals surface area contributed by atoms with Gasteiger partial charge in [0.25, 0.3) is 5.91 Å². The van der Waals surface area contributed by atoms with Crippen LogP contribution in [0.4, 0.5) is 27.9 Å². The third-order valence-corrected chi connectivity index (χ3v) is 11.4. The smallest absolute Gasteiger partial charge is 0.410 e. The molecule has 0 bridgehead atoms. The fraction of sp³-hybridized carbons (Fsp3) is 0.525. The molecule has 2 saturated carbocycles. The van der Waals surface area contributed by atoms with E-state index in [0.29, 0.717) is 54.2 Å². The van der Waals surface area contributed by atoms with Crippen LogP contribution in [0.25, 0.3) is 0 Å². The van der Waals surface area contributed by atoms with Gasteiger partial charge < -0.3 is 34.8 Å². The van der Waals surface area contributed by atoms with Crippen molar-refractivity contribution in [2.75, 3.05) is 55.5 Å². The largest absolute Gasteiger partial charge is 0.495 e. The van der Waals surface area contributed by atoms with Gasteiger partial charge in [-0.25, -0.2) is 9.78 Å². The van der Waals surface area contributed by atoms with Crippen LogP contribution in [0.1, 0.15) is 80.6 Å². The molecule has 0 spiro atoms. The Balaban J connectivity index is 0.916. The zero-order valence-electron chi connectivity index (χ0n) is 31.1. The van der Waals surface area contributed by atoms with E-state index in [2.05, 4.69) is 32.3 Å². The molecule has 2 aromatic carbocycles. The lowest BCUT2D eigenvalue weighted by Crippen LogP contribution is -2.55. The van der Waals surface area contributed by atoms with E-state index in [1.807, 2.05) is 36.4 Å². The second-order valence-electron chi connectivity index (χ2n) is 14.7. The van der Waals surface area contributed by atoms with Gasteiger partial charge in [-0.3, -0.25) is 14.5 Å². The van der Waals surface area contributed by atoms with Crippen LogP contribution in [0.3, 0.4) is 0 Å². The summed E-state index contributed by atoms with van der Waals surface area (Å²) in [6, 6.07) is 15.7. The van der Waals surface area contributed by atoms with E-state index in [1.54, 1.807) is 42.3 Å². The number of ether oxygens (including phenoxy) is 2. The number of fused-ring (bicyclic) bond motifs is 1. The van der Waals surface area contributed by atoms with E-state index in [-0.39, 0.29) is 42.6 Å². The van der Waals surface area contributed by atoms with Crippen molar-refractivity contribution >= 4 is 41.0 Å². The summed E-state index contributed by atoms with van der Waals surface area (Å²) in [5.74, 6) is 1.64. The SMILES string of the molecule is CC[C@@H]1C(=O)N(C)c2cnc(Nc3ccc(C(=O)NC4CCC(N5CCN(C(=O)OCc6ccccc6)CC5)CC4)cc3OC)nc2N1C1CCCC1. The van der Waals surface area contributed by atoms with Crippen LogP contribution in [0.5, 0.6) is 5.75 Å². The number of likely N-dealkylation sites (N-methyl/N-ethyl adjacent to an activating group) is 1. The Morgan fingerprint density at radius 2 is 1.66 bits per heavy atom. The van der Waals surface area contributed by atoms with Crippen molar-refractivity contribution in [2.45, 2.75) is 95.5 Å². The first-order valence-electron chi connectivity index (χ1n) is 19.2. The van der Waals surface area contributed by atoms with Crippen LogP contribution in [0, 0.1) is 0 Å². The summed E-state index contributed by atoms with van der Waals surface area (Å²) in [5.41, 5.74) is 2.87. The van der Waals surface area contributed by atoms with Crippen molar-refractivity contribution < 1.29 is 23.9 Å². The summed E-state index contributed by atoms with van der Waals surface area (Å²) < 4.78 is 11.3. The Hall–Kier alpha value is -4.91. The molecule has 0 radical (unpaired) electrons. The minimum absolute atomic E-state index is 0.0775. The van der Waals surface area contributed by atoms with Gasteiger partial charge in [-0.15, -0.1) is 0 Å². The Morgan fingerprint density at radius 3 is 2.36 bits per heavy atom. The normalized spacial score (nSPS) is 22.4. The molecular formula is C40H52N8O5. The molecule has 3 amide bonds. The monoisotopic (exact) mass is 724 g/mol. The summed E-state index contributed by atoms with van der Waals surface area (Å²) in [6.45, 7) is 5.31. The molecule has 1 saturated heterocycles. The number of nitrogens with zero attached hydrogens (tertiary/aromatic N) is 6. The second kappa shape index (κ2) is 16.4. The third-order valence-electron chi connectivity index (χ3n) is 11.4. The van der Waals surface area contributed by atoms with Crippen molar-refractivity contribution in [3.63, 3.8) is 0 Å². The number of methoxy groups -OCH3 is 1. The predicted molar refractivity (Wildman–Crippen MR) is 204 cm³/mol. The van der Waals surface area contributed by atoms with Gasteiger partial charge in [-0.05, 0) is 68.7 Å². The number of aromatic nitrogens is 2. The molecule has 13 nitrogen and oxygen atoms in total. The molecule has 2 aliphatic carbocycles. The molecule has 0 unspecified atom stereocenters. The van der Waals surface area contributed by atoms with Gasteiger partial charge in [-0.2, -0.15) is 4.98 Å². The molecule has 3 heterocycles. The van der Waals surface area contributed by atoms with Gasteiger partial charge in [0.2, 0.25) is 11.9 Å². The van der Waals surface area contributed by atoms with Gasteiger partial charge in [0.1, 0.15) is 24.1 Å². The van der Waals surface area contributed by atoms with Gasteiger partial charge in [-0.1, -0.05) is 50.1 Å². The molecular weight excluding hydrogens is 672 g/mol. The number of benzene rings is 2. The van der Waals surface area contributed by atoms with E-state index in [9.17, 15) is 14.4 Å². The van der Waals surface area contributed by atoms with E-state index >= 15 is 0 Å². The maximum Gasteiger partial charge on any atom is 0.410 e. The number of anilines is 4. The van der Waals surface area contributed by atoms with Gasteiger partial charge in [0, 0.05) is 56.9 Å². The van der Waals surface area contributed by atoms with Crippen LogP contribution in [-0.4, -0.2) is 102 Å². The minimum Gasteiger partial charge on any atom is -0.495 e. The first-order valence-corrected chi connectivity index (χ1v) is 19.2. The van der Waals surface area contributed by atoms with Gasteiger partial charge in [0.05, 0.1) is 19.0 Å². The highest BCUT2D eigenvalue weighted by Gasteiger charge is 2.41. The predicted octanol–water partition coefficient (Wildman–Crippen LogP) is 5.73. The summed E-state index contributed by atoms with van der Waals surface area (Å²) in [5, 5.41) is 6.55. The molecule has 1 atom stereocenters. The summed E-state index contributed by atoms with van der Waals surface area (Å²) in [6.07, 6.45) is 10.4. The van der Waals surface area contributed by atoms with E-state index < -0.39 is 0 Å². The molecule has 1 aromatic heterocycles. The average molecular weight is 725 g/mol. The Morgan fingerprint density at radius 1 is 0.925 bits per heavy atom. The molecule has 4 aliphatic rings. The molecule has 7 rings (SSSR count). The summed E-state index contributed by atoms with van der Waals surface area (Å²) in [4.78, 5) is 57.0. The van der Waals surface area contributed by atoms with Crippen LogP contribution < -0.4 is 25.2 Å². The first-order chi connectivity index (χ1) is 25.8. The zero-order valence-corrected chi connectivity index (χ0v) is 31.1. The number of carbonyl (C=O) groups excluding carboxylic acids is 3. The lowest BCUT2D eigenvalue weighted by atomic mass is 9.89. The lowest BCUT2D eigenvalue weighted by molar-refractivity contribution is -0.120. The number of nitrogens with one attached hydrogen (secondary N) is 2. The van der Waals surface area contributed by atoms with Gasteiger partial charge in [0.15, 0.2) is 5.82 Å². The summed E-state index contributed by atoms with van der Waals surface area (Å²) in [7, 11) is 3.38. The molecule has 3 fully saturated rings. The van der Waals surface area contributed by atoms with Crippen molar-refractivity contribution in [1.82, 2.24) is 25.1 Å². The van der Waals surface area contributed by atoms with Crippen molar-refractivity contribution in [1.29, 1.82) is 0 Å². The zero-order chi connectivity index (χ0) is 36.9. The summed E-state index contributed by atoms with van der Waals surface area (Å²) >= 11 is 0. The average Bonchev–Trinajstić information content (AvgIpc) is 3.74. The second-order valence-corrected chi connectivity index (χ2v) is 14.7. The Labute approximate surface area is 312 Å². The minimum atomic E-state index is -0.255. The molecule has 13 heteroatoms. The van der Waals surface area contributed by atoms with Crippen LogP contribution in [-0.2, 0) is 16.1 Å². The van der Waals surface area contributed by atoms with E-state index in [0.717, 1.165) is 75.8 Å². The van der Waals surface area contributed by atoms with E-state index in [1.165, 1.54) is 0 Å². The quantitative estimate of drug-likeness (QED) is 0.267. The highest BCUT2D eigenvalue weighted by Crippen LogP contribution is 2.40. The maximum atomic E-state index is 13.4. The highest BCUT2D eigenvalue weighted by atomic mass is 16.6. The number of piperazine rings is 1. The van der Waals surface area contributed by atoms with Crippen LogP contribution in [0.15, 0.2) is 54.7 Å². The molecule has 2 N–H and O–H groups in total. The molecule has 53 heavy (non-hydrogen) atoms. The van der Waals surface area contributed by atoms with Crippen LogP contribution in [0.2, 0.25) is 0 Å². The van der Waals surface area contributed by atoms with E-state index in [4.69, 9.17) is 14.5 Å². The number of hydrogen-bond donors (Lipinski definition) is 2. The number of carbonyl (C=O) groups is 3. The maximum absolute atomic E-state index is 13.4. The topological polar surface area (TPSA) is 132 Å². The van der Waals surface area contributed by atoms with Crippen molar-refractivity contribution in [3.8, 4) is 5.75 Å². The number of amides is 3. The fourth-order valence-electron chi connectivity index (χ4n) is 8.43. The first kappa shape index (κ1) is 36.4. The number of rotatable bonds is 10. The Kier molecular flexibility index (Phi) is 11.3. The fourth-order valence-corrected chi connectivity index (χ4v) is 8.43. The van der Waals surface area contributed by atoms with Crippen LogP contribution >= 0.6 is 0 Å². The highest BCUT2D eigenvalue weighted by molar-refractivity contribution is 6.04. The number of hydrogen-bond acceptors (Lipinski definition) is 10. The van der Waals surface area contributed by atoms with Crippen molar-refractivity contribution in [2.24, 2.45) is 0 Å².